The largest absolute Gasteiger partial charge is 0.508 e. The van der Waals surface area contributed by atoms with Crippen LogP contribution in [0.2, 0.25) is 0 Å². The molecule has 0 bridgehead atoms. The molecule has 2 rings (SSSR count). The van der Waals surface area contributed by atoms with E-state index >= 15 is 0 Å². The topological polar surface area (TPSA) is 81.9 Å². The first-order valence-electron chi connectivity index (χ1n) is 6.98. The van der Waals surface area contributed by atoms with Gasteiger partial charge in [0.25, 0.3) is 5.91 Å². The molecule has 0 saturated heterocycles. The van der Waals surface area contributed by atoms with E-state index in [2.05, 4.69) is 17.5 Å². The summed E-state index contributed by atoms with van der Waals surface area (Å²) in [5.74, 6) is -0.0287. The summed E-state index contributed by atoms with van der Waals surface area (Å²) in [6, 6.07) is 3.86. The maximum Gasteiger partial charge on any atom is 0.275 e. The average molecular weight is 276 g/mol. The Morgan fingerprint density at radius 1 is 1.35 bits per heavy atom. The van der Waals surface area contributed by atoms with Crippen molar-refractivity contribution in [3.8, 4) is 11.5 Å². The monoisotopic (exact) mass is 276 g/mol. The Hall–Kier alpha value is -2.04. The van der Waals surface area contributed by atoms with Crippen molar-refractivity contribution in [2.45, 2.75) is 39.0 Å². The lowest BCUT2D eigenvalue weighted by Crippen LogP contribution is -2.22. The number of carbonyl (C=O) groups is 1. The number of hydrazone groups is 1. The van der Waals surface area contributed by atoms with E-state index in [1.165, 1.54) is 18.6 Å². The highest BCUT2D eigenvalue weighted by molar-refractivity contribution is 5.98. The van der Waals surface area contributed by atoms with E-state index in [4.69, 9.17) is 0 Å². The Morgan fingerprint density at radius 3 is 2.65 bits per heavy atom. The summed E-state index contributed by atoms with van der Waals surface area (Å²) in [5.41, 5.74) is 3.58. The van der Waals surface area contributed by atoms with Crippen LogP contribution in [0, 0.1) is 5.92 Å². The Kier molecular flexibility index (Phi) is 4.61. The number of nitrogens with one attached hydrogen (secondary N) is 1. The van der Waals surface area contributed by atoms with E-state index in [-0.39, 0.29) is 17.1 Å². The van der Waals surface area contributed by atoms with Gasteiger partial charge >= 0.3 is 0 Å². The van der Waals surface area contributed by atoms with Crippen LogP contribution in [0.15, 0.2) is 23.3 Å². The van der Waals surface area contributed by atoms with Gasteiger partial charge in [0.05, 0.1) is 5.56 Å². The molecule has 5 heteroatoms. The number of nitrogens with zero attached hydrogens (tertiary/aromatic N) is 1. The molecular formula is C15H20N2O3. The van der Waals surface area contributed by atoms with Crippen molar-refractivity contribution in [1.29, 1.82) is 0 Å². The maximum atomic E-state index is 11.9. The summed E-state index contributed by atoms with van der Waals surface area (Å²) in [6.07, 6.45) is 5.27. The van der Waals surface area contributed by atoms with Gasteiger partial charge in [-0.2, -0.15) is 5.10 Å². The number of phenolic OH excluding ortho intramolecular Hbond substituents is 2. The number of carbonyl (C=O) groups excluding carboxylic acids is 1. The van der Waals surface area contributed by atoms with Gasteiger partial charge in [-0.25, -0.2) is 5.43 Å². The molecule has 3 N–H and O–H groups in total. The van der Waals surface area contributed by atoms with Crippen LogP contribution in [0.1, 0.15) is 49.4 Å². The molecule has 1 aromatic carbocycles. The fraction of sp³-hybridized carbons (Fsp3) is 0.467. The molecule has 1 saturated carbocycles. The molecule has 20 heavy (non-hydrogen) atoms. The van der Waals surface area contributed by atoms with Crippen molar-refractivity contribution in [2.24, 2.45) is 11.0 Å². The minimum atomic E-state index is -0.465. The predicted octanol–water partition coefficient (Wildman–Crippen LogP) is 2.78. The van der Waals surface area contributed by atoms with Gasteiger partial charge in [0.15, 0.2) is 0 Å². The molecule has 1 aromatic rings. The third-order valence-electron chi connectivity index (χ3n) is 3.80. The predicted molar refractivity (Wildman–Crippen MR) is 76.9 cm³/mol. The van der Waals surface area contributed by atoms with E-state index in [1.54, 1.807) is 0 Å². The van der Waals surface area contributed by atoms with Crippen LogP contribution in [0.4, 0.5) is 0 Å². The van der Waals surface area contributed by atoms with E-state index in [0.29, 0.717) is 0 Å². The third kappa shape index (κ3) is 3.50. The Morgan fingerprint density at radius 2 is 2.05 bits per heavy atom. The molecule has 0 aromatic heterocycles. The number of aromatic hydroxyl groups is 2. The zero-order chi connectivity index (χ0) is 14.5. The second-order valence-corrected chi connectivity index (χ2v) is 5.17. The molecule has 0 unspecified atom stereocenters. The fourth-order valence-corrected chi connectivity index (χ4v) is 2.43. The van der Waals surface area contributed by atoms with E-state index in [0.717, 1.165) is 43.4 Å². The van der Waals surface area contributed by atoms with Crippen LogP contribution < -0.4 is 5.43 Å². The van der Waals surface area contributed by atoms with Crippen LogP contribution in [-0.2, 0) is 0 Å². The molecule has 0 radical (unpaired) electrons. The second-order valence-electron chi connectivity index (χ2n) is 5.17. The van der Waals surface area contributed by atoms with E-state index in [9.17, 15) is 15.0 Å². The molecule has 1 fully saturated rings. The van der Waals surface area contributed by atoms with Crippen molar-refractivity contribution < 1.29 is 15.0 Å². The number of hydrogen-bond acceptors (Lipinski definition) is 4. The van der Waals surface area contributed by atoms with Gasteiger partial charge in [0, 0.05) is 11.8 Å². The van der Waals surface area contributed by atoms with E-state index < -0.39 is 5.91 Å². The number of rotatable bonds is 3. The summed E-state index contributed by atoms with van der Waals surface area (Å²) in [4.78, 5) is 11.9. The molecule has 1 aliphatic carbocycles. The third-order valence-corrected chi connectivity index (χ3v) is 3.80. The number of amides is 1. The van der Waals surface area contributed by atoms with Gasteiger partial charge < -0.3 is 10.2 Å². The van der Waals surface area contributed by atoms with Crippen molar-refractivity contribution in [2.75, 3.05) is 0 Å². The summed E-state index contributed by atoms with van der Waals surface area (Å²) in [7, 11) is 0. The van der Waals surface area contributed by atoms with Gasteiger partial charge in [-0.1, -0.05) is 13.3 Å². The summed E-state index contributed by atoms with van der Waals surface area (Å²) in [6.45, 7) is 2.20. The highest BCUT2D eigenvalue weighted by atomic mass is 16.3. The van der Waals surface area contributed by atoms with Crippen molar-refractivity contribution in [3.63, 3.8) is 0 Å². The molecular weight excluding hydrogens is 256 g/mol. The van der Waals surface area contributed by atoms with Gasteiger partial charge in [-0.05, 0) is 43.7 Å². The normalized spacial score (nSPS) is 18.6. The zero-order valence-electron chi connectivity index (χ0n) is 11.6. The number of hydrogen-bond donors (Lipinski definition) is 3. The van der Waals surface area contributed by atoms with Gasteiger partial charge in [-0.15, -0.1) is 0 Å². The van der Waals surface area contributed by atoms with Gasteiger partial charge in [0.2, 0.25) is 0 Å². The lowest BCUT2D eigenvalue weighted by atomic mass is 9.86. The van der Waals surface area contributed by atoms with Gasteiger partial charge in [-0.3, -0.25) is 4.79 Å². The Balaban J connectivity index is 1.95. The molecule has 108 valence electrons. The summed E-state index contributed by atoms with van der Waals surface area (Å²) < 4.78 is 0. The summed E-state index contributed by atoms with van der Waals surface area (Å²) >= 11 is 0. The molecule has 1 amide bonds. The minimum Gasteiger partial charge on any atom is -0.508 e. The second kappa shape index (κ2) is 6.41. The van der Waals surface area contributed by atoms with Gasteiger partial charge in [0.1, 0.15) is 11.5 Å². The highest BCUT2D eigenvalue weighted by Crippen LogP contribution is 2.25. The number of phenols is 2. The summed E-state index contributed by atoms with van der Waals surface area (Å²) in [5, 5.41) is 22.9. The van der Waals surface area contributed by atoms with Crippen LogP contribution in [0.5, 0.6) is 11.5 Å². The Labute approximate surface area is 118 Å². The molecule has 5 nitrogen and oxygen atoms in total. The smallest absolute Gasteiger partial charge is 0.275 e. The van der Waals surface area contributed by atoms with Crippen LogP contribution in [0.25, 0.3) is 0 Å². The first-order chi connectivity index (χ1) is 9.60. The lowest BCUT2D eigenvalue weighted by Gasteiger charge is -2.21. The zero-order valence-corrected chi connectivity index (χ0v) is 11.6. The van der Waals surface area contributed by atoms with Crippen LogP contribution in [-0.4, -0.2) is 21.8 Å². The molecule has 1 aliphatic rings. The molecule has 0 aliphatic heterocycles. The van der Waals surface area contributed by atoms with Crippen LogP contribution in [0.3, 0.4) is 0 Å². The SMILES string of the molecule is CCC1CCC(=NNC(=O)c2ccc(O)cc2O)CC1. The lowest BCUT2D eigenvalue weighted by molar-refractivity contribution is 0.0952. The standard InChI is InChI=1S/C15H20N2O3/c1-2-10-3-5-11(6-4-10)16-17-15(20)13-8-7-12(18)9-14(13)19/h7-10,18-19H,2-6H2,1H3,(H,17,20). The molecule has 0 spiro atoms. The maximum absolute atomic E-state index is 11.9. The van der Waals surface area contributed by atoms with E-state index in [1.807, 2.05) is 0 Å². The van der Waals surface area contributed by atoms with Crippen molar-refractivity contribution in [3.05, 3.63) is 23.8 Å². The van der Waals surface area contributed by atoms with Crippen LogP contribution >= 0.6 is 0 Å². The van der Waals surface area contributed by atoms with Crippen molar-refractivity contribution in [1.82, 2.24) is 5.43 Å². The first-order valence-corrected chi connectivity index (χ1v) is 6.98. The molecule has 0 atom stereocenters. The average Bonchev–Trinajstić information content (AvgIpc) is 2.45. The fourth-order valence-electron chi connectivity index (χ4n) is 2.43. The molecule has 0 heterocycles. The highest BCUT2D eigenvalue weighted by Gasteiger charge is 2.17. The minimum absolute atomic E-state index is 0.0803. The Bertz CT molecular complexity index is 516. The van der Waals surface area contributed by atoms with Crippen molar-refractivity contribution >= 4 is 11.6 Å². The quantitative estimate of drug-likeness (QED) is 0.742. The first kappa shape index (κ1) is 14.4. The number of benzene rings is 1.